The van der Waals surface area contributed by atoms with Gasteiger partial charge >= 0.3 is 0 Å². The number of para-hydroxylation sites is 2. The van der Waals surface area contributed by atoms with Gasteiger partial charge in [-0.05, 0) is 61.1 Å². The topological polar surface area (TPSA) is 64.6 Å². The molecular formula is C19H21NO4S. The van der Waals surface area contributed by atoms with E-state index in [1.165, 1.54) is 12.0 Å². The molecule has 0 radical (unpaired) electrons. The fraction of sp³-hybridized carbons (Fsp3) is 0.368. The largest absolute Gasteiger partial charge is 0.486 e. The molecule has 2 aromatic carbocycles. The second-order valence-corrected chi connectivity index (χ2v) is 8.25. The molecule has 1 aliphatic carbocycles. The van der Waals surface area contributed by atoms with Crippen molar-refractivity contribution in [2.24, 2.45) is 0 Å². The summed E-state index contributed by atoms with van der Waals surface area (Å²) in [5.74, 6) is 1.34. The van der Waals surface area contributed by atoms with E-state index in [0.29, 0.717) is 23.0 Å². The molecule has 1 N–H and O–H groups in total. The molecule has 1 heterocycles. The van der Waals surface area contributed by atoms with Gasteiger partial charge in [-0.1, -0.05) is 18.2 Å². The van der Waals surface area contributed by atoms with E-state index in [0.717, 1.165) is 24.8 Å². The van der Waals surface area contributed by atoms with Crippen LogP contribution in [0, 0.1) is 0 Å². The molecule has 2 aromatic rings. The number of nitrogens with one attached hydrogen (secondary N) is 1. The van der Waals surface area contributed by atoms with E-state index >= 15 is 0 Å². The molecule has 25 heavy (non-hydrogen) atoms. The zero-order valence-corrected chi connectivity index (χ0v) is 14.7. The van der Waals surface area contributed by atoms with Gasteiger partial charge in [0.25, 0.3) is 0 Å². The van der Waals surface area contributed by atoms with Gasteiger partial charge in [0.2, 0.25) is 10.0 Å². The Hall–Kier alpha value is -2.05. The van der Waals surface area contributed by atoms with Gasteiger partial charge in [0.1, 0.15) is 12.7 Å². The van der Waals surface area contributed by atoms with E-state index in [1.807, 2.05) is 36.4 Å². The summed E-state index contributed by atoms with van der Waals surface area (Å²) in [6.45, 7) is 0.497. The van der Waals surface area contributed by atoms with Gasteiger partial charge in [-0.2, -0.15) is 0 Å². The minimum atomic E-state index is -3.56. The lowest BCUT2D eigenvalue weighted by Crippen LogP contribution is -2.40. The molecule has 132 valence electrons. The van der Waals surface area contributed by atoms with E-state index in [2.05, 4.69) is 4.72 Å². The summed E-state index contributed by atoms with van der Waals surface area (Å²) in [7, 11) is -3.56. The van der Waals surface area contributed by atoms with E-state index in [9.17, 15) is 8.42 Å². The molecule has 0 aromatic heterocycles. The average Bonchev–Trinajstić information content (AvgIpc) is 2.66. The van der Waals surface area contributed by atoms with Crippen LogP contribution in [0.4, 0.5) is 0 Å². The van der Waals surface area contributed by atoms with Gasteiger partial charge in [-0.3, -0.25) is 0 Å². The highest BCUT2D eigenvalue weighted by Gasteiger charge is 2.24. The van der Waals surface area contributed by atoms with Crippen molar-refractivity contribution in [2.75, 3.05) is 13.2 Å². The molecule has 0 saturated carbocycles. The number of rotatable bonds is 4. The van der Waals surface area contributed by atoms with Crippen molar-refractivity contribution < 1.29 is 17.9 Å². The SMILES string of the molecule is O=S(=O)(NCC1COc2ccccc2O1)c1ccc2c(c1)CCCC2. The van der Waals surface area contributed by atoms with Gasteiger partial charge in [-0.25, -0.2) is 13.1 Å². The third-order valence-electron chi connectivity index (χ3n) is 4.70. The summed E-state index contributed by atoms with van der Waals surface area (Å²) in [5.41, 5.74) is 2.42. The lowest BCUT2D eigenvalue weighted by molar-refractivity contribution is 0.0943. The van der Waals surface area contributed by atoms with Gasteiger partial charge in [-0.15, -0.1) is 0 Å². The van der Waals surface area contributed by atoms with Crippen LogP contribution in [0.15, 0.2) is 47.4 Å². The molecule has 1 aliphatic heterocycles. The molecule has 6 heteroatoms. The van der Waals surface area contributed by atoms with E-state index in [4.69, 9.17) is 9.47 Å². The molecular weight excluding hydrogens is 338 g/mol. The molecule has 0 saturated heterocycles. The standard InChI is InChI=1S/C19H21NO4S/c21-25(22,17-10-9-14-5-1-2-6-15(14)11-17)20-12-16-13-23-18-7-3-4-8-19(18)24-16/h3-4,7-11,16,20H,1-2,5-6,12-13H2. The highest BCUT2D eigenvalue weighted by atomic mass is 32.2. The predicted molar refractivity (Wildman–Crippen MR) is 94.6 cm³/mol. The van der Waals surface area contributed by atoms with Crippen LogP contribution < -0.4 is 14.2 Å². The van der Waals surface area contributed by atoms with Crippen molar-refractivity contribution in [3.63, 3.8) is 0 Å². The Kier molecular flexibility index (Phi) is 4.39. The molecule has 1 unspecified atom stereocenters. The Morgan fingerprint density at radius 1 is 1.00 bits per heavy atom. The quantitative estimate of drug-likeness (QED) is 0.912. The van der Waals surface area contributed by atoms with E-state index < -0.39 is 10.0 Å². The molecule has 0 spiro atoms. The minimum Gasteiger partial charge on any atom is -0.486 e. The lowest BCUT2D eigenvalue weighted by Gasteiger charge is -2.26. The van der Waals surface area contributed by atoms with Crippen LogP contribution in [0.3, 0.4) is 0 Å². The number of hydrogen-bond donors (Lipinski definition) is 1. The maximum absolute atomic E-state index is 12.6. The number of ether oxygens (including phenoxy) is 2. The summed E-state index contributed by atoms with van der Waals surface area (Å²) in [6.07, 6.45) is 3.95. The smallest absolute Gasteiger partial charge is 0.240 e. The third kappa shape index (κ3) is 3.50. The highest BCUT2D eigenvalue weighted by molar-refractivity contribution is 7.89. The van der Waals surface area contributed by atoms with Gasteiger partial charge in [0.15, 0.2) is 11.5 Å². The summed E-state index contributed by atoms with van der Waals surface area (Å²) < 4.78 is 39.3. The molecule has 2 aliphatic rings. The summed E-state index contributed by atoms with van der Waals surface area (Å²) in [4.78, 5) is 0.324. The molecule has 1 atom stereocenters. The molecule has 5 nitrogen and oxygen atoms in total. The van der Waals surface area contributed by atoms with Crippen molar-refractivity contribution in [1.82, 2.24) is 4.72 Å². The van der Waals surface area contributed by atoms with Crippen LogP contribution in [0.25, 0.3) is 0 Å². The normalized spacial score (nSPS) is 19.3. The zero-order chi connectivity index (χ0) is 17.3. The van der Waals surface area contributed by atoms with Crippen molar-refractivity contribution in [3.8, 4) is 11.5 Å². The number of hydrogen-bond acceptors (Lipinski definition) is 4. The average molecular weight is 359 g/mol. The van der Waals surface area contributed by atoms with Crippen LogP contribution in [-0.4, -0.2) is 27.7 Å². The van der Waals surface area contributed by atoms with Crippen LogP contribution >= 0.6 is 0 Å². The molecule has 0 fully saturated rings. The fourth-order valence-corrected chi connectivity index (χ4v) is 4.44. The van der Waals surface area contributed by atoms with Crippen LogP contribution in [-0.2, 0) is 22.9 Å². The first-order valence-electron chi connectivity index (χ1n) is 8.62. The molecule has 4 rings (SSSR count). The van der Waals surface area contributed by atoms with Crippen LogP contribution in [0.2, 0.25) is 0 Å². The second-order valence-electron chi connectivity index (χ2n) is 6.49. The van der Waals surface area contributed by atoms with Gasteiger partial charge in [0, 0.05) is 0 Å². The van der Waals surface area contributed by atoms with Gasteiger partial charge in [0.05, 0.1) is 11.4 Å². The number of sulfonamides is 1. The number of benzene rings is 2. The van der Waals surface area contributed by atoms with Crippen molar-refractivity contribution in [3.05, 3.63) is 53.6 Å². The summed E-state index contributed by atoms with van der Waals surface area (Å²) >= 11 is 0. The Balaban J connectivity index is 1.44. The first-order chi connectivity index (χ1) is 12.1. The first kappa shape index (κ1) is 16.4. The Labute approximate surface area is 148 Å². The lowest BCUT2D eigenvalue weighted by atomic mass is 9.92. The fourth-order valence-electron chi connectivity index (χ4n) is 3.33. The maximum Gasteiger partial charge on any atom is 0.240 e. The minimum absolute atomic E-state index is 0.174. The van der Waals surface area contributed by atoms with Gasteiger partial charge < -0.3 is 9.47 Å². The first-order valence-corrected chi connectivity index (χ1v) is 10.1. The maximum atomic E-state index is 12.6. The monoisotopic (exact) mass is 359 g/mol. The van der Waals surface area contributed by atoms with Crippen molar-refractivity contribution in [1.29, 1.82) is 0 Å². The number of aryl methyl sites for hydroxylation is 2. The van der Waals surface area contributed by atoms with Crippen molar-refractivity contribution >= 4 is 10.0 Å². The van der Waals surface area contributed by atoms with Crippen molar-refractivity contribution in [2.45, 2.75) is 36.7 Å². The van der Waals surface area contributed by atoms with Crippen LogP contribution in [0.1, 0.15) is 24.0 Å². The number of fused-ring (bicyclic) bond motifs is 2. The second kappa shape index (κ2) is 6.69. The summed E-state index contributed by atoms with van der Waals surface area (Å²) in [6, 6.07) is 12.8. The Morgan fingerprint density at radius 2 is 1.76 bits per heavy atom. The van der Waals surface area contributed by atoms with Crippen LogP contribution in [0.5, 0.6) is 11.5 Å². The highest BCUT2D eigenvalue weighted by Crippen LogP contribution is 2.31. The molecule has 0 bridgehead atoms. The zero-order valence-electron chi connectivity index (χ0n) is 13.9. The Morgan fingerprint density at radius 3 is 2.60 bits per heavy atom. The predicted octanol–water partition coefficient (Wildman–Crippen LogP) is 2.68. The Bertz CT molecular complexity index is 879. The third-order valence-corrected chi connectivity index (χ3v) is 6.12. The van der Waals surface area contributed by atoms with E-state index in [-0.39, 0.29) is 12.6 Å². The summed E-state index contributed by atoms with van der Waals surface area (Å²) in [5, 5.41) is 0. The van der Waals surface area contributed by atoms with E-state index in [1.54, 1.807) is 6.07 Å². The molecule has 0 amide bonds.